The number of hydrogen-bond donors (Lipinski definition) is 3. The highest BCUT2D eigenvalue weighted by atomic mass is 32.2. The number of fused-ring (bicyclic) bond motifs is 2. The van der Waals surface area contributed by atoms with Crippen molar-refractivity contribution >= 4 is 31.9 Å². The van der Waals surface area contributed by atoms with Crippen LogP contribution in [0.5, 0.6) is 0 Å². The van der Waals surface area contributed by atoms with E-state index in [2.05, 4.69) is 53.3 Å². The van der Waals surface area contributed by atoms with Crippen molar-refractivity contribution in [3.63, 3.8) is 0 Å². The molecule has 17 nitrogen and oxygen atoms in total. The van der Waals surface area contributed by atoms with Crippen molar-refractivity contribution in [2.75, 3.05) is 0 Å². The van der Waals surface area contributed by atoms with E-state index in [0.29, 0.717) is 0 Å². The molecular formula is C45H52N10O7S2. The molecule has 0 spiro atoms. The van der Waals surface area contributed by atoms with Crippen LogP contribution in [-0.2, 0) is 68.2 Å². The number of benzene rings is 2. The quantitative estimate of drug-likeness (QED) is 0.144. The molecule has 64 heavy (non-hydrogen) atoms. The molecule has 0 bridgehead atoms. The van der Waals surface area contributed by atoms with E-state index >= 15 is 0 Å². The molecule has 4 heterocycles. The lowest BCUT2D eigenvalue weighted by atomic mass is 9.91. The zero-order valence-corrected chi connectivity index (χ0v) is 36.6. The fraction of sp³-hybridized carbons (Fsp3) is 0.378. The number of aromatic nitrogens is 8. The SMILES string of the molecule is C.Cc1cc(-c2ccc3c(c2CC(=O)NS(=O)(=O)c2cnn(C4CC4)n2)CCC3)ccn1.Cc1cc(-c2ccc3c(c2CC(=O)O)CCC3)ccn1.NS(=O)(=O)c1cnn(C2CC2)n1. The summed E-state index contributed by atoms with van der Waals surface area (Å²) in [4.78, 5) is 35.3. The molecule has 1 amide bonds. The number of carboxylic acids is 1. The number of nitrogens with two attached hydrogens (primary N) is 1. The highest BCUT2D eigenvalue weighted by molar-refractivity contribution is 7.90. The number of nitrogens with zero attached hydrogens (tertiary/aromatic N) is 8. The average Bonchev–Trinajstić information content (AvgIpc) is 3.95. The summed E-state index contributed by atoms with van der Waals surface area (Å²) in [6.07, 6.45) is 16.0. The number of carbonyl (C=O) groups is 2. The summed E-state index contributed by atoms with van der Waals surface area (Å²) in [5.41, 5.74) is 12.7. The maximum atomic E-state index is 12.8. The number of sulfonamides is 2. The van der Waals surface area contributed by atoms with Crippen LogP contribution in [0.3, 0.4) is 0 Å². The first-order valence-corrected chi connectivity index (χ1v) is 23.9. The number of amides is 1. The van der Waals surface area contributed by atoms with Gasteiger partial charge in [-0.2, -0.15) is 28.2 Å². The second kappa shape index (κ2) is 18.9. The van der Waals surface area contributed by atoms with Crippen molar-refractivity contribution in [1.29, 1.82) is 0 Å². The monoisotopic (exact) mass is 908 g/mol. The van der Waals surface area contributed by atoms with E-state index in [-0.39, 0.29) is 42.4 Å². The molecule has 6 aromatic rings. The molecule has 10 rings (SSSR count). The van der Waals surface area contributed by atoms with Crippen LogP contribution in [0.1, 0.15) is 103 Å². The third-order valence-corrected chi connectivity index (χ3v) is 13.4. The lowest BCUT2D eigenvalue weighted by Gasteiger charge is -2.15. The minimum absolute atomic E-state index is 0. The van der Waals surface area contributed by atoms with Crippen molar-refractivity contribution < 1.29 is 31.5 Å². The summed E-state index contributed by atoms with van der Waals surface area (Å²) < 4.78 is 49.0. The zero-order chi connectivity index (χ0) is 44.5. The summed E-state index contributed by atoms with van der Waals surface area (Å²) in [6.45, 7) is 3.87. The molecule has 19 heteroatoms. The minimum Gasteiger partial charge on any atom is -0.481 e. The molecule has 2 fully saturated rings. The van der Waals surface area contributed by atoms with Gasteiger partial charge >= 0.3 is 5.97 Å². The fourth-order valence-corrected chi connectivity index (χ4v) is 9.39. The van der Waals surface area contributed by atoms with E-state index in [4.69, 9.17) is 5.14 Å². The molecule has 2 aromatic carbocycles. The minimum atomic E-state index is -4.07. The van der Waals surface area contributed by atoms with Gasteiger partial charge in [-0.05, 0) is 158 Å². The normalized spacial score (nSPS) is 15.1. The Kier molecular flexibility index (Phi) is 13.5. The Morgan fingerprint density at radius 1 is 0.703 bits per heavy atom. The second-order valence-corrected chi connectivity index (χ2v) is 19.5. The summed E-state index contributed by atoms with van der Waals surface area (Å²) in [5.74, 6) is -1.34. The number of aliphatic carboxylic acids is 1. The molecule has 4 aromatic heterocycles. The summed E-state index contributed by atoms with van der Waals surface area (Å²) in [6, 6.07) is 16.7. The van der Waals surface area contributed by atoms with Gasteiger partial charge in [-0.1, -0.05) is 31.7 Å². The first-order valence-electron chi connectivity index (χ1n) is 20.9. The third kappa shape index (κ3) is 10.8. The summed E-state index contributed by atoms with van der Waals surface area (Å²) in [5, 5.41) is 29.2. The molecule has 4 aliphatic carbocycles. The van der Waals surface area contributed by atoms with Gasteiger partial charge in [-0.25, -0.2) is 18.3 Å². The Morgan fingerprint density at radius 2 is 1.17 bits per heavy atom. The van der Waals surface area contributed by atoms with Crippen LogP contribution >= 0.6 is 0 Å². The first-order chi connectivity index (χ1) is 30.1. The largest absolute Gasteiger partial charge is 0.481 e. The van der Waals surface area contributed by atoms with Crippen molar-refractivity contribution in [2.45, 2.75) is 120 Å². The van der Waals surface area contributed by atoms with E-state index in [1.165, 1.54) is 38.7 Å². The number of nitrogens with one attached hydrogen (secondary N) is 1. The van der Waals surface area contributed by atoms with Gasteiger partial charge in [0.15, 0.2) is 0 Å². The Balaban J connectivity index is 0.000000158. The predicted molar refractivity (Wildman–Crippen MR) is 238 cm³/mol. The standard InChI is InChI=1S/C22H23N5O3S.C17H17NO2.C5H8N4O2S.CH4/c1-14-11-16(9-10-23-14)19-8-5-15-3-2-4-18(15)20(19)12-21(28)26-31(29,30)22-13-24-27(25-22)17-6-7-17;1-11-9-13(7-8-18-11)15-6-5-12-3-2-4-14(12)16(15)10-17(19)20;6-12(10,11)5-3-7-9(8-5)4-1-2-4;/h5,8-11,13,17H,2-4,6-7,12H2,1H3,(H,26,28);5-9H,2-4,10H2,1H3,(H,19,20);3-4H,1-2H2,(H2,6,10,11);1H4. The number of aryl methyl sites for hydroxylation is 4. The number of pyridine rings is 2. The van der Waals surface area contributed by atoms with Crippen molar-refractivity contribution in [3.8, 4) is 22.3 Å². The molecular weight excluding hydrogens is 857 g/mol. The van der Waals surface area contributed by atoms with E-state index in [9.17, 15) is 31.5 Å². The summed E-state index contributed by atoms with van der Waals surface area (Å²) >= 11 is 0. The van der Waals surface area contributed by atoms with Gasteiger partial charge in [0.1, 0.15) is 0 Å². The maximum Gasteiger partial charge on any atom is 0.307 e. The van der Waals surface area contributed by atoms with Crippen LogP contribution in [0.25, 0.3) is 22.3 Å². The molecule has 4 N–H and O–H groups in total. The van der Waals surface area contributed by atoms with Crippen LogP contribution in [-0.4, -0.2) is 73.8 Å². The number of carboxylic acid groups (broad SMARTS) is 1. The van der Waals surface area contributed by atoms with Gasteiger partial charge in [0.2, 0.25) is 16.0 Å². The smallest absolute Gasteiger partial charge is 0.307 e. The molecule has 4 aliphatic rings. The lowest BCUT2D eigenvalue weighted by Crippen LogP contribution is -2.32. The van der Waals surface area contributed by atoms with Gasteiger partial charge in [0.25, 0.3) is 20.0 Å². The number of carbonyl (C=O) groups excluding carboxylic acids is 1. The molecule has 336 valence electrons. The average molecular weight is 909 g/mol. The Bertz CT molecular complexity index is 2940. The number of hydrogen-bond acceptors (Lipinski definition) is 12. The number of primary sulfonamides is 1. The highest BCUT2D eigenvalue weighted by Gasteiger charge is 2.30. The Labute approximate surface area is 372 Å². The molecule has 0 radical (unpaired) electrons. The molecule has 0 unspecified atom stereocenters. The van der Waals surface area contributed by atoms with Gasteiger partial charge in [-0.15, -0.1) is 10.2 Å². The topological polar surface area (TPSA) is 248 Å². The molecule has 0 aliphatic heterocycles. The van der Waals surface area contributed by atoms with E-state index in [1.54, 1.807) is 12.4 Å². The third-order valence-electron chi connectivity index (χ3n) is 11.4. The molecule has 0 saturated heterocycles. The van der Waals surface area contributed by atoms with Crippen LogP contribution < -0.4 is 9.86 Å². The first kappa shape index (κ1) is 45.8. The van der Waals surface area contributed by atoms with Gasteiger partial charge in [0, 0.05) is 23.8 Å². The maximum absolute atomic E-state index is 12.8. The highest BCUT2D eigenvalue weighted by Crippen LogP contribution is 2.36. The van der Waals surface area contributed by atoms with E-state index in [1.807, 2.05) is 44.2 Å². The zero-order valence-electron chi connectivity index (χ0n) is 34.9. The van der Waals surface area contributed by atoms with E-state index in [0.717, 1.165) is 115 Å². The van der Waals surface area contributed by atoms with Crippen molar-refractivity contribution in [3.05, 3.63) is 118 Å². The van der Waals surface area contributed by atoms with Gasteiger partial charge in [0.05, 0.1) is 37.3 Å². The second-order valence-electron chi connectivity index (χ2n) is 16.3. The Hall–Kier alpha value is -6.18. The fourth-order valence-electron chi connectivity index (χ4n) is 8.15. The van der Waals surface area contributed by atoms with Crippen LogP contribution in [0.15, 0.2) is 83.4 Å². The van der Waals surface area contributed by atoms with Crippen LogP contribution in [0.4, 0.5) is 0 Å². The summed E-state index contributed by atoms with van der Waals surface area (Å²) in [7, 11) is -7.75. The molecule has 2 saturated carbocycles. The van der Waals surface area contributed by atoms with Crippen LogP contribution in [0.2, 0.25) is 0 Å². The van der Waals surface area contributed by atoms with Gasteiger partial charge in [-0.3, -0.25) is 19.6 Å². The molecule has 0 atom stereocenters. The lowest BCUT2D eigenvalue weighted by molar-refractivity contribution is -0.136. The van der Waals surface area contributed by atoms with Crippen molar-refractivity contribution in [2.24, 2.45) is 5.14 Å². The number of rotatable bonds is 11. The van der Waals surface area contributed by atoms with Gasteiger partial charge < -0.3 is 5.11 Å². The Morgan fingerprint density at radius 3 is 1.61 bits per heavy atom. The van der Waals surface area contributed by atoms with E-state index < -0.39 is 31.9 Å². The predicted octanol–water partition coefficient (Wildman–Crippen LogP) is 5.59. The van der Waals surface area contributed by atoms with Crippen molar-refractivity contribution in [1.82, 2.24) is 44.7 Å². The van der Waals surface area contributed by atoms with Crippen LogP contribution in [0, 0.1) is 13.8 Å².